The zero-order chi connectivity index (χ0) is 17.1. The molecule has 0 saturated carbocycles. The molecule has 0 heterocycles. The van der Waals surface area contributed by atoms with Gasteiger partial charge in [0.15, 0.2) is 5.75 Å². The molecule has 0 amide bonds. The Morgan fingerprint density at radius 1 is 1.22 bits per heavy atom. The molecule has 1 atom stereocenters. The van der Waals surface area contributed by atoms with E-state index in [1.807, 2.05) is 26.0 Å². The van der Waals surface area contributed by atoms with Crippen LogP contribution in [0.3, 0.4) is 0 Å². The number of phenols is 1. The minimum Gasteiger partial charge on any atom is -0.502 e. The first-order chi connectivity index (χ1) is 10.8. The number of carbonyl (C=O) groups is 1. The van der Waals surface area contributed by atoms with Crippen LogP contribution in [0.5, 0.6) is 5.75 Å². The maximum Gasteiger partial charge on any atom is 0.311 e. The quantitative estimate of drug-likeness (QED) is 0.651. The van der Waals surface area contributed by atoms with Crippen molar-refractivity contribution in [2.75, 3.05) is 0 Å². The van der Waals surface area contributed by atoms with Gasteiger partial charge in [0.05, 0.1) is 10.8 Å². The van der Waals surface area contributed by atoms with Gasteiger partial charge in [-0.2, -0.15) is 0 Å². The Labute approximate surface area is 133 Å². The SMILES string of the molecule is Cc1ccc(C(Cc2ccc(O)c([N+](=O)[O-])c2)C(=O)O)c(C)c1. The van der Waals surface area contributed by atoms with E-state index < -0.39 is 28.2 Å². The number of carboxylic acids is 1. The fourth-order valence-electron chi connectivity index (χ4n) is 2.62. The standard InChI is InChI=1S/C17H17NO5/c1-10-3-5-13(11(2)7-10)14(17(20)21)8-12-4-6-16(19)15(9-12)18(22)23/h3-7,9,14,19H,8H2,1-2H3,(H,20,21). The summed E-state index contributed by atoms with van der Waals surface area (Å²) in [6.45, 7) is 3.77. The van der Waals surface area contributed by atoms with Gasteiger partial charge < -0.3 is 10.2 Å². The third-order valence-corrected chi connectivity index (χ3v) is 3.78. The normalized spacial score (nSPS) is 11.9. The highest BCUT2D eigenvalue weighted by atomic mass is 16.6. The van der Waals surface area contributed by atoms with Gasteiger partial charge in [-0.15, -0.1) is 0 Å². The van der Waals surface area contributed by atoms with Crippen molar-refractivity contribution in [3.05, 3.63) is 68.8 Å². The molecule has 0 spiro atoms. The first kappa shape index (κ1) is 16.5. The summed E-state index contributed by atoms with van der Waals surface area (Å²) in [5, 5.41) is 29.9. The van der Waals surface area contributed by atoms with E-state index in [1.54, 1.807) is 6.07 Å². The molecule has 0 aliphatic rings. The second kappa shape index (κ2) is 6.48. The van der Waals surface area contributed by atoms with Crippen molar-refractivity contribution in [1.29, 1.82) is 0 Å². The fraction of sp³-hybridized carbons (Fsp3) is 0.235. The number of hydrogen-bond donors (Lipinski definition) is 2. The molecule has 2 N–H and O–H groups in total. The van der Waals surface area contributed by atoms with Gasteiger partial charge in [0.2, 0.25) is 0 Å². The number of benzene rings is 2. The number of aliphatic carboxylic acids is 1. The molecule has 2 aromatic carbocycles. The van der Waals surface area contributed by atoms with Gasteiger partial charge in [-0.25, -0.2) is 0 Å². The van der Waals surface area contributed by atoms with Crippen LogP contribution in [0.4, 0.5) is 5.69 Å². The van der Waals surface area contributed by atoms with Gasteiger partial charge in [0.25, 0.3) is 0 Å². The fourth-order valence-corrected chi connectivity index (χ4v) is 2.62. The molecule has 0 fully saturated rings. The third kappa shape index (κ3) is 3.66. The number of phenolic OH excluding ortho intramolecular Hbond substituents is 1. The Hall–Kier alpha value is -2.89. The van der Waals surface area contributed by atoms with Crippen molar-refractivity contribution in [3.8, 4) is 5.75 Å². The predicted molar refractivity (Wildman–Crippen MR) is 84.8 cm³/mol. The van der Waals surface area contributed by atoms with Crippen LogP contribution in [-0.2, 0) is 11.2 Å². The lowest BCUT2D eigenvalue weighted by atomic mass is 9.88. The molecule has 0 bridgehead atoms. The van der Waals surface area contributed by atoms with E-state index >= 15 is 0 Å². The number of aromatic hydroxyl groups is 1. The Bertz CT molecular complexity index is 770. The van der Waals surface area contributed by atoms with Crippen molar-refractivity contribution in [1.82, 2.24) is 0 Å². The van der Waals surface area contributed by atoms with E-state index in [9.17, 15) is 25.1 Å². The molecular weight excluding hydrogens is 298 g/mol. The molecule has 2 aromatic rings. The van der Waals surface area contributed by atoms with Crippen molar-refractivity contribution in [3.63, 3.8) is 0 Å². The number of nitro groups is 1. The molecule has 0 aliphatic carbocycles. The Balaban J connectivity index is 2.39. The largest absolute Gasteiger partial charge is 0.502 e. The zero-order valence-electron chi connectivity index (χ0n) is 12.8. The minimum atomic E-state index is -0.993. The molecule has 0 aliphatic heterocycles. The van der Waals surface area contributed by atoms with Crippen molar-refractivity contribution in [2.45, 2.75) is 26.2 Å². The monoisotopic (exact) mass is 315 g/mol. The summed E-state index contributed by atoms with van der Waals surface area (Å²) in [6.07, 6.45) is 0.111. The molecule has 1 unspecified atom stereocenters. The number of nitrogens with zero attached hydrogens (tertiary/aromatic N) is 1. The number of carboxylic acid groups (broad SMARTS) is 1. The van der Waals surface area contributed by atoms with Crippen molar-refractivity contribution in [2.24, 2.45) is 0 Å². The summed E-state index contributed by atoms with van der Waals surface area (Å²) in [4.78, 5) is 21.8. The highest BCUT2D eigenvalue weighted by Crippen LogP contribution is 2.30. The zero-order valence-corrected chi connectivity index (χ0v) is 12.8. The van der Waals surface area contributed by atoms with Crippen LogP contribution >= 0.6 is 0 Å². The summed E-state index contributed by atoms with van der Waals surface area (Å²) in [6, 6.07) is 9.46. The molecule has 0 saturated heterocycles. The molecule has 6 nitrogen and oxygen atoms in total. The number of rotatable bonds is 5. The van der Waals surface area contributed by atoms with Gasteiger partial charge in [0.1, 0.15) is 0 Å². The Kier molecular flexibility index (Phi) is 4.64. The average Bonchev–Trinajstić information content (AvgIpc) is 2.46. The summed E-state index contributed by atoms with van der Waals surface area (Å²) < 4.78 is 0. The van der Waals surface area contributed by atoms with Crippen LogP contribution in [0.2, 0.25) is 0 Å². The van der Waals surface area contributed by atoms with Crippen LogP contribution in [0.15, 0.2) is 36.4 Å². The first-order valence-electron chi connectivity index (χ1n) is 7.06. The third-order valence-electron chi connectivity index (χ3n) is 3.78. The number of nitro benzene ring substituents is 1. The minimum absolute atomic E-state index is 0.111. The summed E-state index contributed by atoms with van der Waals surface area (Å²) in [5.41, 5.74) is 2.65. The van der Waals surface area contributed by atoms with E-state index in [2.05, 4.69) is 0 Å². The van der Waals surface area contributed by atoms with E-state index in [0.29, 0.717) is 11.1 Å². The van der Waals surface area contributed by atoms with Crippen LogP contribution in [0.1, 0.15) is 28.2 Å². The molecule has 23 heavy (non-hydrogen) atoms. The van der Waals surface area contributed by atoms with Gasteiger partial charge in [-0.1, -0.05) is 29.8 Å². The van der Waals surface area contributed by atoms with E-state index in [1.165, 1.54) is 18.2 Å². The summed E-state index contributed by atoms with van der Waals surface area (Å²) in [7, 11) is 0. The highest BCUT2D eigenvalue weighted by Gasteiger charge is 2.23. The van der Waals surface area contributed by atoms with Crippen LogP contribution in [0, 0.1) is 24.0 Å². The van der Waals surface area contributed by atoms with Crippen LogP contribution in [0.25, 0.3) is 0 Å². The molecule has 6 heteroatoms. The predicted octanol–water partition coefficient (Wildman–Crippen LogP) is 3.33. The molecule has 0 aromatic heterocycles. The summed E-state index contributed by atoms with van der Waals surface area (Å²) >= 11 is 0. The topological polar surface area (TPSA) is 101 Å². The second-order valence-corrected chi connectivity index (χ2v) is 5.54. The molecule has 120 valence electrons. The maximum atomic E-state index is 11.6. The van der Waals surface area contributed by atoms with Gasteiger partial charge in [0, 0.05) is 6.07 Å². The Morgan fingerprint density at radius 2 is 1.91 bits per heavy atom. The lowest BCUT2D eigenvalue weighted by Gasteiger charge is -2.16. The number of aryl methyl sites for hydroxylation is 2. The Morgan fingerprint density at radius 3 is 2.48 bits per heavy atom. The van der Waals surface area contributed by atoms with Crippen molar-refractivity contribution >= 4 is 11.7 Å². The molecule has 2 rings (SSSR count). The van der Waals surface area contributed by atoms with Crippen LogP contribution < -0.4 is 0 Å². The number of hydrogen-bond acceptors (Lipinski definition) is 4. The van der Waals surface area contributed by atoms with Gasteiger partial charge in [-0.05, 0) is 43.0 Å². The van der Waals surface area contributed by atoms with Crippen LogP contribution in [-0.4, -0.2) is 21.1 Å². The van der Waals surface area contributed by atoms with Gasteiger partial charge >= 0.3 is 11.7 Å². The van der Waals surface area contributed by atoms with Gasteiger partial charge in [-0.3, -0.25) is 14.9 Å². The maximum absolute atomic E-state index is 11.6. The highest BCUT2D eigenvalue weighted by molar-refractivity contribution is 5.77. The molecular formula is C17H17NO5. The summed E-state index contributed by atoms with van der Waals surface area (Å²) in [5.74, 6) is -2.23. The first-order valence-corrected chi connectivity index (χ1v) is 7.06. The van der Waals surface area contributed by atoms with Crippen molar-refractivity contribution < 1.29 is 19.9 Å². The van der Waals surface area contributed by atoms with E-state index in [-0.39, 0.29) is 6.42 Å². The van der Waals surface area contributed by atoms with E-state index in [0.717, 1.165) is 11.1 Å². The average molecular weight is 315 g/mol. The lowest BCUT2D eigenvalue weighted by Crippen LogP contribution is -2.16. The smallest absolute Gasteiger partial charge is 0.311 e. The second-order valence-electron chi connectivity index (χ2n) is 5.54. The van der Waals surface area contributed by atoms with E-state index in [4.69, 9.17) is 0 Å². The lowest BCUT2D eigenvalue weighted by molar-refractivity contribution is -0.385. The molecule has 0 radical (unpaired) electrons.